The molecule has 4 unspecified atom stereocenters. The number of aliphatic hydroxyl groups is 3. The lowest BCUT2D eigenvalue weighted by Crippen LogP contribution is -2.55. The molecule has 1 aromatic heterocycles. The van der Waals surface area contributed by atoms with Crippen LogP contribution in [0.5, 0.6) is 0 Å². The van der Waals surface area contributed by atoms with Crippen molar-refractivity contribution >= 4 is 33.5 Å². The minimum Gasteiger partial charge on any atom is -0.388 e. The third kappa shape index (κ3) is 3.15. The number of H-pyrrole nitrogens is 1. The maximum Gasteiger partial charge on any atom is 0.268 e. The van der Waals surface area contributed by atoms with Gasteiger partial charge in [0.2, 0.25) is 0 Å². The normalized spacial score (nSPS) is 30.2. The molecule has 1 aliphatic rings. The summed E-state index contributed by atoms with van der Waals surface area (Å²) in [6, 6.07) is 0. The number of aliphatic hydroxyl groups excluding tert-OH is 3. The zero-order chi connectivity index (χ0) is 14.9. The fourth-order valence-electron chi connectivity index (χ4n) is 1.70. The number of nitrogens with zero attached hydrogens (tertiary/aromatic N) is 1. The summed E-state index contributed by atoms with van der Waals surface area (Å²) in [5.41, 5.74) is -0.377. The van der Waals surface area contributed by atoms with Crippen LogP contribution in [0.3, 0.4) is 0 Å². The smallest absolute Gasteiger partial charge is 0.268 e. The van der Waals surface area contributed by atoms with Gasteiger partial charge < -0.3 is 30.4 Å². The fourth-order valence-corrected chi connectivity index (χ4v) is 2.38. The Morgan fingerprint density at radius 2 is 2.15 bits per heavy atom. The topological polar surface area (TPSA) is 128 Å². The van der Waals surface area contributed by atoms with E-state index in [1.54, 1.807) is 6.26 Å². The number of aromatic amines is 1. The maximum absolute atomic E-state index is 11.7. The first kappa shape index (κ1) is 15.7. The Morgan fingerprint density at radius 1 is 1.45 bits per heavy atom. The highest BCUT2D eigenvalue weighted by Gasteiger charge is 2.38. The van der Waals surface area contributed by atoms with Crippen LogP contribution in [0, 0.1) is 0 Å². The molecule has 4 atom stereocenters. The number of hydrogen-bond donors (Lipinski definition) is 5. The van der Waals surface area contributed by atoms with E-state index in [2.05, 4.69) is 31.2 Å². The summed E-state index contributed by atoms with van der Waals surface area (Å²) < 4.78 is 5.35. The van der Waals surface area contributed by atoms with Crippen molar-refractivity contribution in [3.63, 3.8) is 0 Å². The summed E-state index contributed by atoms with van der Waals surface area (Å²) in [6.45, 7) is -0.133. The largest absolute Gasteiger partial charge is 0.388 e. The van der Waals surface area contributed by atoms with Gasteiger partial charge >= 0.3 is 0 Å². The van der Waals surface area contributed by atoms with Crippen LogP contribution < -0.4 is 10.9 Å². The second kappa shape index (κ2) is 6.41. The van der Waals surface area contributed by atoms with Crippen LogP contribution in [0.15, 0.2) is 14.4 Å². The Bertz CT molecular complexity index is 542. The molecule has 1 aliphatic heterocycles. The first-order valence-electron chi connectivity index (χ1n) is 5.70. The van der Waals surface area contributed by atoms with E-state index < -0.39 is 24.5 Å². The Balaban J connectivity index is 2.22. The number of halogens is 1. The number of aromatic nitrogens is 2. The van der Waals surface area contributed by atoms with Gasteiger partial charge in [0.05, 0.1) is 6.61 Å². The van der Waals surface area contributed by atoms with Crippen LogP contribution in [0.2, 0.25) is 0 Å². The molecule has 8 nitrogen and oxygen atoms in total. The van der Waals surface area contributed by atoms with Gasteiger partial charge in [0, 0.05) is 0 Å². The molecule has 0 amide bonds. The molecular weight excluding hydrogens is 354 g/mol. The number of hydrogen-bond acceptors (Lipinski definition) is 8. The van der Waals surface area contributed by atoms with E-state index in [4.69, 9.17) is 4.74 Å². The summed E-state index contributed by atoms with van der Waals surface area (Å²) in [5, 5.41) is 31.9. The molecule has 20 heavy (non-hydrogen) atoms. The summed E-state index contributed by atoms with van der Waals surface area (Å²) in [6.07, 6.45) is -3.05. The van der Waals surface area contributed by atoms with Gasteiger partial charge in [-0.15, -0.1) is 0 Å². The molecule has 0 spiro atoms. The summed E-state index contributed by atoms with van der Waals surface area (Å²) in [4.78, 5) is 18.4. The SMILES string of the molecule is CSc1nc(NC2OCC(O)C(O)C2O)c(Br)c(=O)[nH]1. The Hall–Kier alpha value is -0.650. The maximum atomic E-state index is 11.7. The molecular formula is C10H14BrN3O5S. The molecule has 0 saturated carbocycles. The molecule has 2 heterocycles. The van der Waals surface area contributed by atoms with Gasteiger partial charge in [-0.2, -0.15) is 0 Å². The molecule has 1 aromatic rings. The van der Waals surface area contributed by atoms with E-state index in [-0.39, 0.29) is 22.5 Å². The van der Waals surface area contributed by atoms with Gasteiger partial charge in [0.1, 0.15) is 22.8 Å². The Morgan fingerprint density at radius 3 is 2.80 bits per heavy atom. The van der Waals surface area contributed by atoms with Crippen LogP contribution in [-0.4, -0.2) is 62.7 Å². The highest BCUT2D eigenvalue weighted by molar-refractivity contribution is 9.10. The molecule has 2 rings (SSSR count). The molecule has 0 bridgehead atoms. The van der Waals surface area contributed by atoms with Crippen molar-refractivity contribution in [1.82, 2.24) is 9.97 Å². The third-order valence-corrected chi connectivity index (χ3v) is 4.13. The van der Waals surface area contributed by atoms with Gasteiger partial charge in [-0.3, -0.25) is 4.79 Å². The predicted molar refractivity (Wildman–Crippen MR) is 75.7 cm³/mol. The Labute approximate surface area is 126 Å². The van der Waals surface area contributed by atoms with Crippen molar-refractivity contribution in [3.8, 4) is 0 Å². The molecule has 0 aliphatic carbocycles. The first-order chi connectivity index (χ1) is 9.43. The van der Waals surface area contributed by atoms with Crippen molar-refractivity contribution in [2.75, 3.05) is 18.2 Å². The minimum atomic E-state index is -1.34. The average molecular weight is 368 g/mol. The van der Waals surface area contributed by atoms with Crippen molar-refractivity contribution in [2.24, 2.45) is 0 Å². The van der Waals surface area contributed by atoms with E-state index in [9.17, 15) is 20.1 Å². The van der Waals surface area contributed by atoms with Gasteiger partial charge in [0.15, 0.2) is 17.2 Å². The summed E-state index contributed by atoms with van der Waals surface area (Å²) in [5.74, 6) is 0.186. The van der Waals surface area contributed by atoms with Crippen LogP contribution in [-0.2, 0) is 4.74 Å². The number of ether oxygens (including phenoxy) is 1. The van der Waals surface area contributed by atoms with Crippen molar-refractivity contribution in [2.45, 2.75) is 29.7 Å². The highest BCUT2D eigenvalue weighted by atomic mass is 79.9. The number of anilines is 1. The zero-order valence-corrected chi connectivity index (χ0v) is 12.8. The van der Waals surface area contributed by atoms with E-state index in [1.807, 2.05) is 0 Å². The quantitative estimate of drug-likeness (QED) is 0.343. The van der Waals surface area contributed by atoms with E-state index >= 15 is 0 Å². The number of nitrogens with one attached hydrogen (secondary N) is 2. The number of thioether (sulfide) groups is 1. The molecule has 1 fully saturated rings. The van der Waals surface area contributed by atoms with Crippen LogP contribution in [0.25, 0.3) is 0 Å². The Kier molecular flexibility index (Phi) is 5.04. The molecule has 5 N–H and O–H groups in total. The molecule has 0 radical (unpaired) electrons. The second-order valence-electron chi connectivity index (χ2n) is 4.18. The molecule has 1 saturated heterocycles. The number of rotatable bonds is 3. The summed E-state index contributed by atoms with van der Waals surface area (Å²) in [7, 11) is 0. The lowest BCUT2D eigenvalue weighted by molar-refractivity contribution is -0.178. The average Bonchev–Trinajstić information content (AvgIpc) is 2.44. The van der Waals surface area contributed by atoms with E-state index in [0.717, 1.165) is 0 Å². The first-order valence-corrected chi connectivity index (χ1v) is 7.72. The molecule has 10 heteroatoms. The highest BCUT2D eigenvalue weighted by Crippen LogP contribution is 2.22. The zero-order valence-electron chi connectivity index (χ0n) is 10.4. The van der Waals surface area contributed by atoms with Crippen molar-refractivity contribution in [1.29, 1.82) is 0 Å². The van der Waals surface area contributed by atoms with Crippen LogP contribution >= 0.6 is 27.7 Å². The second-order valence-corrected chi connectivity index (χ2v) is 5.77. The van der Waals surface area contributed by atoms with Crippen molar-refractivity contribution < 1.29 is 20.1 Å². The lowest BCUT2D eigenvalue weighted by atomic mass is 10.0. The fraction of sp³-hybridized carbons (Fsp3) is 0.600. The van der Waals surface area contributed by atoms with Gasteiger partial charge in [0.25, 0.3) is 5.56 Å². The minimum absolute atomic E-state index is 0.133. The van der Waals surface area contributed by atoms with Crippen molar-refractivity contribution in [3.05, 3.63) is 14.8 Å². The predicted octanol–water partition coefficient (Wildman–Crippen LogP) is -0.895. The molecule has 0 aromatic carbocycles. The summed E-state index contributed by atoms with van der Waals surface area (Å²) >= 11 is 4.34. The van der Waals surface area contributed by atoms with Crippen LogP contribution in [0.1, 0.15) is 0 Å². The molecule has 112 valence electrons. The standard InChI is InChI=1S/C10H14BrN3O5S/c1-20-10-13-7(4(11)8(18)14-10)12-9-6(17)5(16)3(15)2-19-9/h3,5-6,9,15-17H,2H2,1H3,(H2,12,13,14,18). The van der Waals surface area contributed by atoms with E-state index in [0.29, 0.717) is 5.16 Å². The monoisotopic (exact) mass is 367 g/mol. The van der Waals surface area contributed by atoms with E-state index in [1.165, 1.54) is 11.8 Å². The van der Waals surface area contributed by atoms with Gasteiger partial charge in [-0.25, -0.2) is 4.98 Å². The van der Waals surface area contributed by atoms with Crippen LogP contribution in [0.4, 0.5) is 5.82 Å². The lowest BCUT2D eigenvalue weighted by Gasteiger charge is -2.35. The van der Waals surface area contributed by atoms with Gasteiger partial charge in [-0.1, -0.05) is 11.8 Å². The third-order valence-electron chi connectivity index (χ3n) is 2.81. The van der Waals surface area contributed by atoms with Gasteiger partial charge in [-0.05, 0) is 22.2 Å².